The summed E-state index contributed by atoms with van der Waals surface area (Å²) < 4.78 is 22.7. The van der Waals surface area contributed by atoms with Gasteiger partial charge in [0.2, 0.25) is 0 Å². The van der Waals surface area contributed by atoms with Gasteiger partial charge in [-0.15, -0.1) is 0 Å². The van der Waals surface area contributed by atoms with Crippen molar-refractivity contribution in [2.45, 2.75) is 24.8 Å². The van der Waals surface area contributed by atoms with E-state index in [-0.39, 0.29) is 0 Å². The van der Waals surface area contributed by atoms with Crippen LogP contribution in [0.15, 0.2) is 29.2 Å². The summed E-state index contributed by atoms with van der Waals surface area (Å²) >= 11 is 0. The minimum absolute atomic E-state index is 0.347. The van der Waals surface area contributed by atoms with Crippen molar-refractivity contribution in [3.8, 4) is 0 Å². The molecule has 0 saturated heterocycles. The van der Waals surface area contributed by atoms with Crippen molar-refractivity contribution in [1.82, 2.24) is 5.32 Å². The normalized spacial score (nSPS) is 11.8. The molecule has 0 aliphatic heterocycles. The minimum Gasteiger partial charge on any atom is -0.384 e. The molecule has 4 nitrogen and oxygen atoms in total. The molecule has 0 saturated carbocycles. The van der Waals surface area contributed by atoms with E-state index in [0.29, 0.717) is 10.9 Å². The van der Waals surface area contributed by atoms with Gasteiger partial charge >= 0.3 is 0 Å². The van der Waals surface area contributed by atoms with Crippen LogP contribution >= 0.6 is 0 Å². The lowest BCUT2D eigenvalue weighted by molar-refractivity contribution is 0.601. The van der Waals surface area contributed by atoms with E-state index in [1.807, 2.05) is 6.07 Å². The number of rotatable bonds is 6. The summed E-state index contributed by atoms with van der Waals surface area (Å²) in [7, 11) is -3.12. The van der Waals surface area contributed by atoms with Gasteiger partial charge in [-0.2, -0.15) is 0 Å². The molecule has 96 valence electrons. The standard InChI is InChI=1S/C12H20N2O2S/c1-10(2)13-7-8-14-11-5-4-6-12(9-11)17(3,15)16/h4-6,9-10,13-14H,7-8H2,1-3H3. The van der Waals surface area contributed by atoms with Gasteiger partial charge in [0.1, 0.15) is 0 Å². The molecule has 0 fully saturated rings. The average Bonchev–Trinajstić information content (AvgIpc) is 2.23. The van der Waals surface area contributed by atoms with Crippen LogP contribution in [0.3, 0.4) is 0 Å². The van der Waals surface area contributed by atoms with Gasteiger partial charge in [0, 0.05) is 31.1 Å². The summed E-state index contributed by atoms with van der Waals surface area (Å²) in [5, 5.41) is 6.47. The number of anilines is 1. The van der Waals surface area contributed by atoms with E-state index in [9.17, 15) is 8.42 Å². The molecule has 0 aliphatic carbocycles. The van der Waals surface area contributed by atoms with Crippen molar-refractivity contribution in [1.29, 1.82) is 0 Å². The highest BCUT2D eigenvalue weighted by Crippen LogP contribution is 2.14. The fourth-order valence-electron chi connectivity index (χ4n) is 1.40. The van der Waals surface area contributed by atoms with Crippen molar-refractivity contribution < 1.29 is 8.42 Å². The summed E-state index contributed by atoms with van der Waals surface area (Å²) in [6, 6.07) is 7.33. The minimum atomic E-state index is -3.12. The van der Waals surface area contributed by atoms with Crippen molar-refractivity contribution >= 4 is 15.5 Å². The van der Waals surface area contributed by atoms with E-state index < -0.39 is 9.84 Å². The number of hydrogen-bond donors (Lipinski definition) is 2. The summed E-state index contributed by atoms with van der Waals surface area (Å²) in [6.45, 7) is 5.79. The molecule has 0 spiro atoms. The maximum absolute atomic E-state index is 11.4. The van der Waals surface area contributed by atoms with E-state index in [1.165, 1.54) is 6.26 Å². The van der Waals surface area contributed by atoms with Gasteiger partial charge in [0.15, 0.2) is 9.84 Å². The predicted molar refractivity (Wildman–Crippen MR) is 71.2 cm³/mol. The Bertz CT molecular complexity index is 455. The molecule has 0 radical (unpaired) electrons. The van der Waals surface area contributed by atoms with Gasteiger partial charge in [-0.1, -0.05) is 19.9 Å². The van der Waals surface area contributed by atoms with Crippen LogP contribution in [0.1, 0.15) is 13.8 Å². The van der Waals surface area contributed by atoms with Crippen LogP contribution in [-0.2, 0) is 9.84 Å². The predicted octanol–water partition coefficient (Wildman–Crippen LogP) is 1.50. The van der Waals surface area contributed by atoms with Crippen LogP contribution in [0.25, 0.3) is 0 Å². The fourth-order valence-corrected chi connectivity index (χ4v) is 2.07. The number of nitrogens with one attached hydrogen (secondary N) is 2. The van der Waals surface area contributed by atoms with Gasteiger partial charge < -0.3 is 10.6 Å². The summed E-state index contributed by atoms with van der Waals surface area (Å²) in [5.74, 6) is 0. The Morgan fingerprint density at radius 3 is 2.53 bits per heavy atom. The molecule has 0 atom stereocenters. The molecular formula is C12H20N2O2S. The summed E-state index contributed by atoms with van der Waals surface area (Å²) in [4.78, 5) is 0.347. The smallest absolute Gasteiger partial charge is 0.175 e. The van der Waals surface area contributed by atoms with Crippen LogP contribution in [0, 0.1) is 0 Å². The van der Waals surface area contributed by atoms with E-state index in [2.05, 4.69) is 24.5 Å². The van der Waals surface area contributed by atoms with Crippen LogP contribution in [0.5, 0.6) is 0 Å². The monoisotopic (exact) mass is 256 g/mol. The van der Waals surface area contributed by atoms with Crippen LogP contribution in [-0.4, -0.2) is 33.8 Å². The molecule has 0 amide bonds. The lowest BCUT2D eigenvalue weighted by Gasteiger charge is -2.10. The van der Waals surface area contributed by atoms with E-state index in [4.69, 9.17) is 0 Å². The van der Waals surface area contributed by atoms with Gasteiger partial charge in [0.25, 0.3) is 0 Å². The lowest BCUT2D eigenvalue weighted by Crippen LogP contribution is -2.28. The Morgan fingerprint density at radius 1 is 1.24 bits per heavy atom. The SMILES string of the molecule is CC(C)NCCNc1cccc(S(C)(=O)=O)c1. The molecule has 2 N–H and O–H groups in total. The molecule has 0 unspecified atom stereocenters. The van der Waals surface area contributed by atoms with Crippen molar-refractivity contribution in [3.05, 3.63) is 24.3 Å². The largest absolute Gasteiger partial charge is 0.384 e. The Hall–Kier alpha value is -1.07. The third-order valence-corrected chi connectivity index (χ3v) is 3.38. The zero-order valence-electron chi connectivity index (χ0n) is 10.5. The molecular weight excluding hydrogens is 236 g/mol. The first-order chi connectivity index (χ1) is 7.89. The Kier molecular flexibility index (Phi) is 4.96. The summed E-state index contributed by atoms with van der Waals surface area (Å²) in [5.41, 5.74) is 0.832. The van der Waals surface area contributed by atoms with Crippen molar-refractivity contribution in [2.75, 3.05) is 24.7 Å². The Balaban J connectivity index is 2.55. The highest BCUT2D eigenvalue weighted by molar-refractivity contribution is 7.90. The van der Waals surface area contributed by atoms with Gasteiger partial charge in [-0.3, -0.25) is 0 Å². The van der Waals surface area contributed by atoms with E-state index in [0.717, 1.165) is 18.8 Å². The second kappa shape index (κ2) is 6.02. The van der Waals surface area contributed by atoms with Crippen LogP contribution in [0.2, 0.25) is 0 Å². The maximum Gasteiger partial charge on any atom is 0.175 e. The third kappa shape index (κ3) is 5.19. The highest BCUT2D eigenvalue weighted by atomic mass is 32.2. The number of sulfone groups is 1. The van der Waals surface area contributed by atoms with Gasteiger partial charge in [-0.25, -0.2) is 8.42 Å². The molecule has 5 heteroatoms. The van der Waals surface area contributed by atoms with Crippen LogP contribution in [0.4, 0.5) is 5.69 Å². The molecule has 1 aromatic carbocycles. The zero-order chi connectivity index (χ0) is 12.9. The van der Waals surface area contributed by atoms with Crippen molar-refractivity contribution in [2.24, 2.45) is 0 Å². The number of benzene rings is 1. The first-order valence-electron chi connectivity index (χ1n) is 5.67. The Morgan fingerprint density at radius 2 is 1.94 bits per heavy atom. The molecule has 0 bridgehead atoms. The zero-order valence-corrected chi connectivity index (χ0v) is 11.3. The van der Waals surface area contributed by atoms with Gasteiger partial charge in [-0.05, 0) is 18.2 Å². The number of hydrogen-bond acceptors (Lipinski definition) is 4. The highest BCUT2D eigenvalue weighted by Gasteiger charge is 2.06. The molecule has 1 rings (SSSR count). The van der Waals surface area contributed by atoms with Crippen molar-refractivity contribution in [3.63, 3.8) is 0 Å². The lowest BCUT2D eigenvalue weighted by atomic mass is 10.3. The molecule has 17 heavy (non-hydrogen) atoms. The van der Waals surface area contributed by atoms with Crippen LogP contribution < -0.4 is 10.6 Å². The average molecular weight is 256 g/mol. The van der Waals surface area contributed by atoms with E-state index in [1.54, 1.807) is 18.2 Å². The second-order valence-electron chi connectivity index (χ2n) is 4.34. The quantitative estimate of drug-likeness (QED) is 0.757. The molecule has 0 aromatic heterocycles. The fraction of sp³-hybridized carbons (Fsp3) is 0.500. The summed E-state index contributed by atoms with van der Waals surface area (Å²) in [6.07, 6.45) is 1.21. The first kappa shape index (κ1) is 14.0. The second-order valence-corrected chi connectivity index (χ2v) is 6.35. The molecule has 0 heterocycles. The molecule has 1 aromatic rings. The third-order valence-electron chi connectivity index (χ3n) is 2.27. The maximum atomic E-state index is 11.4. The first-order valence-corrected chi connectivity index (χ1v) is 7.56. The van der Waals surface area contributed by atoms with Gasteiger partial charge in [0.05, 0.1) is 4.90 Å². The Labute approximate surface area is 103 Å². The molecule has 0 aliphatic rings. The van der Waals surface area contributed by atoms with E-state index >= 15 is 0 Å². The topological polar surface area (TPSA) is 58.2 Å².